The van der Waals surface area contributed by atoms with Gasteiger partial charge in [0.15, 0.2) is 5.65 Å². The molecule has 0 saturated carbocycles. The Labute approximate surface area is 150 Å². The van der Waals surface area contributed by atoms with Gasteiger partial charge in [-0.25, -0.2) is 4.98 Å². The molecule has 1 aliphatic rings. The van der Waals surface area contributed by atoms with E-state index in [9.17, 15) is 9.90 Å². The van der Waals surface area contributed by atoms with Crippen molar-refractivity contribution in [2.45, 2.75) is 26.8 Å². The van der Waals surface area contributed by atoms with Crippen molar-refractivity contribution in [3.05, 3.63) is 53.2 Å². The first-order valence-corrected chi connectivity index (χ1v) is 8.46. The number of rotatable bonds is 2. The highest BCUT2D eigenvalue weighted by molar-refractivity contribution is 6.14. The molecule has 1 amide bonds. The molecule has 0 fully saturated rings. The molecular formula is C19H21N5O2. The number of carbonyl (C=O) groups is 1. The van der Waals surface area contributed by atoms with Crippen molar-refractivity contribution in [2.24, 2.45) is 11.7 Å². The zero-order valence-electron chi connectivity index (χ0n) is 14.9. The smallest absolute Gasteiger partial charge is 0.253 e. The summed E-state index contributed by atoms with van der Waals surface area (Å²) in [6.45, 7) is 5.85. The summed E-state index contributed by atoms with van der Waals surface area (Å²) in [6, 6.07) is 1.66. The third kappa shape index (κ3) is 2.00. The number of amides is 1. The summed E-state index contributed by atoms with van der Waals surface area (Å²) in [4.78, 5) is 16.7. The number of pyridine rings is 1. The predicted octanol–water partition coefficient (Wildman–Crippen LogP) is 2.86. The minimum Gasteiger partial charge on any atom is -0.512 e. The van der Waals surface area contributed by atoms with E-state index >= 15 is 0 Å². The second kappa shape index (κ2) is 5.39. The first kappa shape index (κ1) is 16.3. The maximum atomic E-state index is 12.2. The number of aromatic nitrogens is 3. The molecule has 3 aromatic heterocycles. The number of imidazole rings is 1. The summed E-state index contributed by atoms with van der Waals surface area (Å²) >= 11 is 0. The van der Waals surface area contributed by atoms with Gasteiger partial charge in [-0.1, -0.05) is 13.0 Å². The lowest BCUT2D eigenvalue weighted by Crippen LogP contribution is -2.24. The highest BCUT2D eigenvalue weighted by Gasteiger charge is 2.32. The van der Waals surface area contributed by atoms with Crippen molar-refractivity contribution in [2.75, 3.05) is 5.73 Å². The van der Waals surface area contributed by atoms with Gasteiger partial charge in [0.25, 0.3) is 5.91 Å². The Morgan fingerprint density at radius 3 is 2.73 bits per heavy atom. The van der Waals surface area contributed by atoms with Gasteiger partial charge in [-0.15, -0.1) is 0 Å². The molecule has 1 aliphatic carbocycles. The number of nitrogens with two attached hydrogens (primary N) is 2. The fourth-order valence-corrected chi connectivity index (χ4v) is 4.04. The summed E-state index contributed by atoms with van der Waals surface area (Å²) < 4.78 is 3.84. The Balaban J connectivity index is 2.18. The number of anilines is 1. The summed E-state index contributed by atoms with van der Waals surface area (Å²) in [7, 11) is 0. The van der Waals surface area contributed by atoms with Crippen molar-refractivity contribution in [3.63, 3.8) is 0 Å². The first-order valence-electron chi connectivity index (χ1n) is 8.46. The molecule has 0 aliphatic heterocycles. The van der Waals surface area contributed by atoms with Gasteiger partial charge >= 0.3 is 0 Å². The number of carbonyl (C=O) groups excluding carboxylic acids is 1. The average molecular weight is 351 g/mol. The van der Waals surface area contributed by atoms with E-state index in [4.69, 9.17) is 11.5 Å². The number of aliphatic hydroxyl groups excluding tert-OH is 1. The zero-order chi connectivity index (χ0) is 18.7. The molecule has 1 unspecified atom stereocenters. The molecule has 7 heteroatoms. The third-order valence-corrected chi connectivity index (χ3v) is 5.32. The van der Waals surface area contributed by atoms with Gasteiger partial charge in [-0.3, -0.25) is 4.79 Å². The fraction of sp³-hybridized carbons (Fsp3) is 0.263. The minimum atomic E-state index is -0.577. The molecule has 2 atom stereocenters. The molecule has 134 valence electrons. The second-order valence-electron chi connectivity index (χ2n) is 6.90. The van der Waals surface area contributed by atoms with E-state index in [-0.39, 0.29) is 17.7 Å². The molecule has 0 bridgehead atoms. The number of hydrogen-bond donors (Lipinski definition) is 3. The molecule has 0 saturated heterocycles. The van der Waals surface area contributed by atoms with Gasteiger partial charge in [0.05, 0.1) is 22.9 Å². The lowest BCUT2D eigenvalue weighted by molar-refractivity contribution is 0.100. The number of hydrogen-bond acceptors (Lipinski definition) is 4. The Morgan fingerprint density at radius 1 is 1.31 bits per heavy atom. The number of aryl methyl sites for hydroxylation is 1. The van der Waals surface area contributed by atoms with Crippen molar-refractivity contribution in [3.8, 4) is 0 Å². The Hall–Kier alpha value is -3.22. The molecule has 0 aromatic carbocycles. The van der Waals surface area contributed by atoms with E-state index in [0.29, 0.717) is 22.4 Å². The van der Waals surface area contributed by atoms with Crippen LogP contribution in [0.1, 0.15) is 35.9 Å². The van der Waals surface area contributed by atoms with E-state index in [0.717, 1.165) is 16.8 Å². The Bertz CT molecular complexity index is 1130. The SMILES string of the molecule is CC1=CC=C(O)[C@@H](C)C1n1c(N)c(C(N)=O)c2cc(C)n3ccnc3c21. The number of allylic oxidation sites excluding steroid dienone is 4. The van der Waals surface area contributed by atoms with Crippen LogP contribution in [-0.2, 0) is 0 Å². The van der Waals surface area contributed by atoms with Crippen molar-refractivity contribution in [1.29, 1.82) is 0 Å². The van der Waals surface area contributed by atoms with Crippen LogP contribution in [0.4, 0.5) is 5.82 Å². The Kier molecular flexibility index (Phi) is 3.37. The number of nitrogen functional groups attached to an aromatic ring is 1. The minimum absolute atomic E-state index is 0.199. The van der Waals surface area contributed by atoms with Crippen molar-refractivity contribution in [1.82, 2.24) is 14.0 Å². The van der Waals surface area contributed by atoms with Crippen LogP contribution in [0.15, 0.2) is 41.9 Å². The molecule has 3 aromatic rings. The molecule has 0 radical (unpaired) electrons. The molecule has 5 N–H and O–H groups in total. The van der Waals surface area contributed by atoms with Crippen LogP contribution in [-0.4, -0.2) is 25.0 Å². The van der Waals surface area contributed by atoms with Crippen LogP contribution < -0.4 is 11.5 Å². The fourth-order valence-electron chi connectivity index (χ4n) is 4.04. The lowest BCUT2D eigenvalue weighted by Gasteiger charge is -2.30. The highest BCUT2D eigenvalue weighted by atomic mass is 16.3. The maximum Gasteiger partial charge on any atom is 0.253 e. The quantitative estimate of drug-likeness (QED) is 0.659. The molecule has 4 rings (SSSR count). The van der Waals surface area contributed by atoms with Gasteiger partial charge in [0, 0.05) is 29.4 Å². The lowest BCUT2D eigenvalue weighted by atomic mass is 9.88. The molecule has 7 nitrogen and oxygen atoms in total. The average Bonchev–Trinajstić information content (AvgIpc) is 3.15. The monoisotopic (exact) mass is 351 g/mol. The van der Waals surface area contributed by atoms with E-state index < -0.39 is 5.91 Å². The van der Waals surface area contributed by atoms with Gasteiger partial charge in [0.2, 0.25) is 0 Å². The van der Waals surface area contributed by atoms with Crippen LogP contribution in [0.2, 0.25) is 0 Å². The topological polar surface area (TPSA) is 112 Å². The normalized spacial score (nSPS) is 20.4. The van der Waals surface area contributed by atoms with Crippen LogP contribution in [0.5, 0.6) is 0 Å². The molecule has 0 spiro atoms. The molecule has 26 heavy (non-hydrogen) atoms. The van der Waals surface area contributed by atoms with Crippen LogP contribution in [0, 0.1) is 12.8 Å². The third-order valence-electron chi connectivity index (χ3n) is 5.32. The van der Waals surface area contributed by atoms with Gasteiger partial charge in [-0.05, 0) is 31.6 Å². The standard InChI is InChI=1S/C19H21N5O2/c1-9-4-5-13(25)11(3)15(9)24-16-12(14(17(24)20)18(21)26)8-10(2)23-7-6-22-19(16)23/h4-8,11,15,25H,20H2,1-3H3,(H2,21,26)/t11-,15?/m1/s1. The number of primary amides is 1. The van der Waals surface area contributed by atoms with E-state index in [1.54, 1.807) is 12.3 Å². The van der Waals surface area contributed by atoms with Crippen LogP contribution in [0.3, 0.4) is 0 Å². The second-order valence-corrected chi connectivity index (χ2v) is 6.90. The van der Waals surface area contributed by atoms with Crippen molar-refractivity contribution < 1.29 is 9.90 Å². The molecular weight excluding hydrogens is 330 g/mol. The summed E-state index contributed by atoms with van der Waals surface area (Å²) in [6.07, 6.45) is 7.14. The maximum absolute atomic E-state index is 12.2. The first-order chi connectivity index (χ1) is 12.3. The van der Waals surface area contributed by atoms with E-state index in [1.165, 1.54) is 0 Å². The number of nitrogens with zero attached hydrogens (tertiary/aromatic N) is 3. The van der Waals surface area contributed by atoms with Gasteiger partial charge < -0.3 is 25.5 Å². The summed E-state index contributed by atoms with van der Waals surface area (Å²) in [5.41, 5.74) is 15.8. The van der Waals surface area contributed by atoms with Gasteiger partial charge in [0.1, 0.15) is 5.82 Å². The summed E-state index contributed by atoms with van der Waals surface area (Å²) in [5.74, 6) is -0.211. The highest BCUT2D eigenvalue weighted by Crippen LogP contribution is 2.42. The Morgan fingerprint density at radius 2 is 2.04 bits per heavy atom. The predicted molar refractivity (Wildman–Crippen MR) is 101 cm³/mol. The van der Waals surface area contributed by atoms with Crippen LogP contribution >= 0.6 is 0 Å². The number of aliphatic hydroxyl groups is 1. The molecule has 3 heterocycles. The van der Waals surface area contributed by atoms with E-state index in [1.807, 2.05) is 48.1 Å². The summed E-state index contributed by atoms with van der Waals surface area (Å²) in [5, 5.41) is 11.0. The number of fused-ring (bicyclic) bond motifs is 3. The van der Waals surface area contributed by atoms with Crippen molar-refractivity contribution >= 4 is 28.3 Å². The largest absolute Gasteiger partial charge is 0.512 e. The van der Waals surface area contributed by atoms with E-state index in [2.05, 4.69) is 4.98 Å². The van der Waals surface area contributed by atoms with Crippen LogP contribution in [0.25, 0.3) is 16.6 Å². The van der Waals surface area contributed by atoms with Gasteiger partial charge in [-0.2, -0.15) is 0 Å². The zero-order valence-corrected chi connectivity index (χ0v) is 14.9.